The molecule has 0 aromatic carbocycles. The topological polar surface area (TPSA) is 113 Å². The van der Waals surface area contributed by atoms with Gasteiger partial charge in [-0.15, -0.1) is 0 Å². The largest absolute Gasteiger partial charge is 0.470 e. The molecule has 0 heterocycles. The molecule has 20 heavy (non-hydrogen) atoms. The normalized spacial score (nSPS) is 13.8. The minimum atomic E-state index is -4.75. The van der Waals surface area contributed by atoms with Crippen molar-refractivity contribution in [3.63, 3.8) is 0 Å². The maximum absolute atomic E-state index is 11.7. The summed E-state index contributed by atoms with van der Waals surface area (Å²) < 4.78 is 19.8. The highest BCUT2D eigenvalue weighted by Gasteiger charge is 2.27. The molecule has 0 aliphatic heterocycles. The first kappa shape index (κ1) is 19.1. The van der Waals surface area contributed by atoms with Crippen molar-refractivity contribution < 1.29 is 33.2 Å². The molecule has 0 radical (unpaired) electrons. The SMILES string of the molecule is CC(OP(=O)(O)O)C(=O)N(C)CC(=O)OCC(C)(C)C. The van der Waals surface area contributed by atoms with Gasteiger partial charge in [0.25, 0.3) is 5.91 Å². The fourth-order valence-electron chi connectivity index (χ4n) is 1.18. The maximum Gasteiger partial charge on any atom is 0.470 e. The van der Waals surface area contributed by atoms with E-state index in [1.165, 1.54) is 14.0 Å². The van der Waals surface area contributed by atoms with Crippen molar-refractivity contribution in [3.8, 4) is 0 Å². The second-order valence-corrected chi connectivity index (χ2v) is 6.85. The number of esters is 1. The van der Waals surface area contributed by atoms with Gasteiger partial charge in [-0.3, -0.25) is 14.1 Å². The van der Waals surface area contributed by atoms with E-state index in [4.69, 9.17) is 14.5 Å². The van der Waals surface area contributed by atoms with Crippen molar-refractivity contribution in [3.05, 3.63) is 0 Å². The first-order valence-electron chi connectivity index (χ1n) is 5.96. The number of likely N-dealkylation sites (N-methyl/N-ethyl adjacent to an activating group) is 1. The smallest absolute Gasteiger partial charge is 0.464 e. The highest BCUT2D eigenvalue weighted by molar-refractivity contribution is 7.46. The zero-order valence-corrected chi connectivity index (χ0v) is 13.2. The van der Waals surface area contributed by atoms with Crippen molar-refractivity contribution in [2.24, 2.45) is 5.41 Å². The summed E-state index contributed by atoms with van der Waals surface area (Å²) in [5, 5.41) is 0. The summed E-state index contributed by atoms with van der Waals surface area (Å²) in [6, 6.07) is 0. The Hall–Kier alpha value is -0.950. The molecule has 0 spiro atoms. The van der Waals surface area contributed by atoms with Gasteiger partial charge in [0, 0.05) is 7.05 Å². The number of nitrogens with zero attached hydrogens (tertiary/aromatic N) is 1. The van der Waals surface area contributed by atoms with E-state index in [-0.39, 0.29) is 18.6 Å². The summed E-state index contributed by atoms with van der Waals surface area (Å²) in [5.74, 6) is -1.32. The molecule has 9 heteroatoms. The number of hydrogen-bond acceptors (Lipinski definition) is 5. The molecule has 1 amide bonds. The molecule has 0 aromatic heterocycles. The molecule has 8 nitrogen and oxygen atoms in total. The number of hydrogen-bond donors (Lipinski definition) is 2. The van der Waals surface area contributed by atoms with Crippen LogP contribution in [0.2, 0.25) is 0 Å². The third kappa shape index (κ3) is 9.03. The van der Waals surface area contributed by atoms with Crippen molar-refractivity contribution in [2.45, 2.75) is 33.8 Å². The average Bonchev–Trinajstić information content (AvgIpc) is 2.21. The summed E-state index contributed by atoms with van der Waals surface area (Å²) in [5.41, 5.74) is -0.185. The Balaban J connectivity index is 4.32. The molecular formula is C11H22NO7P. The molecule has 0 aromatic rings. The third-order valence-electron chi connectivity index (χ3n) is 2.05. The van der Waals surface area contributed by atoms with Gasteiger partial charge in [-0.25, -0.2) is 4.57 Å². The minimum Gasteiger partial charge on any atom is -0.464 e. The van der Waals surface area contributed by atoms with Crippen molar-refractivity contribution in [1.29, 1.82) is 0 Å². The highest BCUT2D eigenvalue weighted by atomic mass is 31.2. The first-order chi connectivity index (χ1) is 8.82. The van der Waals surface area contributed by atoms with E-state index in [1.807, 2.05) is 20.8 Å². The minimum absolute atomic E-state index is 0.185. The molecular weight excluding hydrogens is 289 g/mol. The molecule has 0 aliphatic carbocycles. The van der Waals surface area contributed by atoms with E-state index in [1.54, 1.807) is 0 Å². The quantitative estimate of drug-likeness (QED) is 0.543. The molecule has 0 aliphatic rings. The summed E-state index contributed by atoms with van der Waals surface area (Å²) in [6.45, 7) is 6.77. The second kappa shape index (κ2) is 7.17. The van der Waals surface area contributed by atoms with E-state index in [0.29, 0.717) is 0 Å². The van der Waals surface area contributed by atoms with Crippen molar-refractivity contribution in [2.75, 3.05) is 20.2 Å². The molecule has 0 saturated carbocycles. The van der Waals surface area contributed by atoms with Gasteiger partial charge in [0.1, 0.15) is 12.6 Å². The van der Waals surface area contributed by atoms with Crippen LogP contribution in [0.3, 0.4) is 0 Å². The molecule has 1 atom stereocenters. The molecule has 0 bridgehead atoms. The van der Waals surface area contributed by atoms with Gasteiger partial charge in [-0.2, -0.15) is 0 Å². The van der Waals surface area contributed by atoms with Crippen LogP contribution in [0.5, 0.6) is 0 Å². The summed E-state index contributed by atoms with van der Waals surface area (Å²) in [6.07, 6.45) is -1.35. The predicted octanol–water partition coefficient (Wildman–Crippen LogP) is 0.532. The summed E-state index contributed by atoms with van der Waals surface area (Å²) in [4.78, 5) is 41.4. The lowest BCUT2D eigenvalue weighted by Gasteiger charge is -2.22. The summed E-state index contributed by atoms with van der Waals surface area (Å²) >= 11 is 0. The van der Waals surface area contributed by atoms with Crippen LogP contribution in [-0.2, 0) is 23.4 Å². The van der Waals surface area contributed by atoms with Crippen molar-refractivity contribution >= 4 is 19.7 Å². The Bertz CT molecular complexity index is 398. The zero-order chi connectivity index (χ0) is 16.1. The number of ether oxygens (including phenoxy) is 1. The lowest BCUT2D eigenvalue weighted by atomic mass is 9.99. The van der Waals surface area contributed by atoms with E-state index in [0.717, 1.165) is 4.90 Å². The Morgan fingerprint density at radius 2 is 1.80 bits per heavy atom. The average molecular weight is 311 g/mol. The lowest BCUT2D eigenvalue weighted by Crippen LogP contribution is -2.39. The monoisotopic (exact) mass is 311 g/mol. The van der Waals surface area contributed by atoms with Crippen molar-refractivity contribution in [1.82, 2.24) is 4.90 Å². The molecule has 0 rings (SSSR count). The van der Waals surface area contributed by atoms with Gasteiger partial charge in [-0.1, -0.05) is 20.8 Å². The van der Waals surface area contributed by atoms with Gasteiger partial charge in [0.05, 0.1) is 6.61 Å². The fourth-order valence-corrected chi connectivity index (χ4v) is 1.68. The Morgan fingerprint density at radius 1 is 1.30 bits per heavy atom. The van der Waals surface area contributed by atoms with Crippen LogP contribution in [0.25, 0.3) is 0 Å². The number of rotatable bonds is 6. The third-order valence-corrected chi connectivity index (χ3v) is 2.64. The van der Waals surface area contributed by atoms with Gasteiger partial charge < -0.3 is 19.4 Å². The standard InChI is InChI=1S/C11H22NO7P/c1-8(19-20(15,16)17)10(14)12(5)6-9(13)18-7-11(2,3)4/h8H,6-7H2,1-5H3,(H2,15,16,17). The van der Waals surface area contributed by atoms with E-state index < -0.39 is 25.8 Å². The van der Waals surface area contributed by atoms with Crippen LogP contribution in [0.15, 0.2) is 0 Å². The molecule has 2 N–H and O–H groups in total. The number of amides is 1. The van der Waals surface area contributed by atoms with Gasteiger partial charge in [-0.05, 0) is 12.3 Å². The number of carbonyl (C=O) groups excluding carboxylic acids is 2. The Kier molecular flexibility index (Phi) is 6.83. The molecule has 0 saturated heterocycles. The van der Waals surface area contributed by atoms with E-state index in [9.17, 15) is 14.2 Å². The van der Waals surface area contributed by atoms with Gasteiger partial charge >= 0.3 is 13.8 Å². The van der Waals surface area contributed by atoms with Crippen LogP contribution in [0.1, 0.15) is 27.7 Å². The molecule has 118 valence electrons. The number of phosphoric ester groups is 1. The fraction of sp³-hybridized carbons (Fsp3) is 0.818. The number of phosphoric acid groups is 1. The van der Waals surface area contributed by atoms with Crippen LogP contribution < -0.4 is 0 Å². The van der Waals surface area contributed by atoms with Gasteiger partial charge in [0.15, 0.2) is 0 Å². The molecule has 0 fully saturated rings. The maximum atomic E-state index is 11.7. The number of carbonyl (C=O) groups is 2. The molecule has 1 unspecified atom stereocenters. The zero-order valence-electron chi connectivity index (χ0n) is 12.3. The predicted molar refractivity (Wildman–Crippen MR) is 70.6 cm³/mol. The highest BCUT2D eigenvalue weighted by Crippen LogP contribution is 2.37. The van der Waals surface area contributed by atoms with Crippen LogP contribution in [0.4, 0.5) is 0 Å². The lowest BCUT2D eigenvalue weighted by molar-refractivity contribution is -0.152. The van der Waals surface area contributed by atoms with E-state index in [2.05, 4.69) is 4.52 Å². The van der Waals surface area contributed by atoms with Crippen LogP contribution >= 0.6 is 7.82 Å². The Morgan fingerprint density at radius 3 is 2.20 bits per heavy atom. The first-order valence-corrected chi connectivity index (χ1v) is 7.49. The second-order valence-electron chi connectivity index (χ2n) is 5.65. The van der Waals surface area contributed by atoms with Crippen LogP contribution in [0, 0.1) is 5.41 Å². The van der Waals surface area contributed by atoms with Crippen LogP contribution in [-0.4, -0.2) is 52.9 Å². The summed E-state index contributed by atoms with van der Waals surface area (Å²) in [7, 11) is -3.43. The van der Waals surface area contributed by atoms with Gasteiger partial charge in [0.2, 0.25) is 0 Å². The van der Waals surface area contributed by atoms with E-state index >= 15 is 0 Å². The Labute approximate surface area is 118 Å².